The molecule has 1 aliphatic heterocycles. The van der Waals surface area contributed by atoms with Crippen molar-refractivity contribution in [2.75, 3.05) is 12.8 Å². The van der Waals surface area contributed by atoms with E-state index in [0.29, 0.717) is 28.4 Å². The van der Waals surface area contributed by atoms with Crippen molar-refractivity contribution < 1.29 is 14.3 Å². The third kappa shape index (κ3) is 4.17. The molecule has 0 saturated heterocycles. The van der Waals surface area contributed by atoms with Crippen molar-refractivity contribution in [3.63, 3.8) is 0 Å². The summed E-state index contributed by atoms with van der Waals surface area (Å²) in [7, 11) is 1.51. The van der Waals surface area contributed by atoms with Crippen LogP contribution in [0, 0.1) is 0 Å². The average molecular weight is 397 g/mol. The number of methoxy groups -OCH3 is 1. The zero-order valence-corrected chi connectivity index (χ0v) is 16.4. The molecule has 0 spiro atoms. The van der Waals surface area contributed by atoms with Gasteiger partial charge < -0.3 is 20.5 Å². The molecule has 5 nitrogen and oxygen atoms in total. The summed E-state index contributed by atoms with van der Waals surface area (Å²) in [5.41, 5.74) is 7.45. The van der Waals surface area contributed by atoms with Crippen molar-refractivity contribution >= 4 is 35.6 Å². The van der Waals surface area contributed by atoms with E-state index in [1.165, 1.54) is 7.11 Å². The van der Waals surface area contributed by atoms with Gasteiger partial charge in [0.25, 0.3) is 5.91 Å². The second-order valence-electron chi connectivity index (χ2n) is 6.73. The quantitative estimate of drug-likeness (QED) is 0.754. The van der Waals surface area contributed by atoms with Gasteiger partial charge in [0, 0.05) is 22.7 Å². The first-order valence-electron chi connectivity index (χ1n) is 8.02. The number of anilines is 1. The molecule has 26 heavy (non-hydrogen) atoms. The fraction of sp³-hybridized carbons (Fsp3) is 0.316. The molecule has 1 unspecified atom stereocenters. The number of amides is 1. The minimum absolute atomic E-state index is 0. The molecule has 0 aromatic heterocycles. The van der Waals surface area contributed by atoms with Crippen LogP contribution in [0.2, 0.25) is 5.02 Å². The van der Waals surface area contributed by atoms with E-state index >= 15 is 0 Å². The maximum absolute atomic E-state index is 12.8. The highest BCUT2D eigenvalue weighted by Crippen LogP contribution is 2.40. The second kappa shape index (κ2) is 7.64. The van der Waals surface area contributed by atoms with Crippen LogP contribution in [0.25, 0.3) is 0 Å². The lowest BCUT2D eigenvalue weighted by molar-refractivity contribution is 0.0619. The molecule has 3 rings (SSSR count). The third-order valence-electron chi connectivity index (χ3n) is 4.20. The van der Waals surface area contributed by atoms with Gasteiger partial charge in [-0.05, 0) is 50.2 Å². The molecule has 7 heteroatoms. The smallest absolute Gasteiger partial charge is 0.255 e. The first-order chi connectivity index (χ1) is 11.8. The highest BCUT2D eigenvalue weighted by atomic mass is 35.5. The summed E-state index contributed by atoms with van der Waals surface area (Å²) >= 11 is 5.97. The molecule has 2 aromatic carbocycles. The van der Waals surface area contributed by atoms with Crippen molar-refractivity contribution in [3.05, 3.63) is 52.5 Å². The Balaban J connectivity index is 0.00000243. The van der Waals surface area contributed by atoms with Crippen LogP contribution in [0.4, 0.5) is 5.69 Å². The van der Waals surface area contributed by atoms with Crippen LogP contribution in [-0.4, -0.2) is 18.6 Å². The molecule has 0 saturated carbocycles. The summed E-state index contributed by atoms with van der Waals surface area (Å²) in [5.74, 6) is 0.938. The summed E-state index contributed by atoms with van der Waals surface area (Å²) in [5, 5.41) is 3.58. The lowest BCUT2D eigenvalue weighted by Crippen LogP contribution is -2.41. The van der Waals surface area contributed by atoms with Gasteiger partial charge in [-0.3, -0.25) is 4.79 Å². The topological polar surface area (TPSA) is 73.6 Å². The summed E-state index contributed by atoms with van der Waals surface area (Å²) < 4.78 is 11.3. The molecule has 1 heterocycles. The number of benzene rings is 2. The minimum Gasteiger partial charge on any atom is -0.496 e. The molecule has 0 fully saturated rings. The average Bonchev–Trinajstić information content (AvgIpc) is 2.54. The number of nitrogens with two attached hydrogens (primary N) is 1. The Morgan fingerprint density at radius 2 is 2.04 bits per heavy atom. The van der Waals surface area contributed by atoms with E-state index in [-0.39, 0.29) is 24.4 Å². The van der Waals surface area contributed by atoms with Crippen LogP contribution in [0.3, 0.4) is 0 Å². The molecule has 0 bridgehead atoms. The Morgan fingerprint density at radius 1 is 1.31 bits per heavy atom. The van der Waals surface area contributed by atoms with Gasteiger partial charge >= 0.3 is 0 Å². The normalized spacial score (nSPS) is 17.3. The van der Waals surface area contributed by atoms with Crippen LogP contribution >= 0.6 is 24.0 Å². The largest absolute Gasteiger partial charge is 0.496 e. The van der Waals surface area contributed by atoms with Crippen LogP contribution in [0.1, 0.15) is 42.2 Å². The standard InChI is InChI=1S/C19H21ClN2O3.ClH/c1-19(2)10-15(14-9-12(21)5-7-16(14)25-19)22-18(23)13-6-4-11(20)8-17(13)24-3;/h4-9,15H,10,21H2,1-3H3,(H,22,23);1H. The molecule has 1 amide bonds. The predicted molar refractivity (Wildman–Crippen MR) is 106 cm³/mol. The highest BCUT2D eigenvalue weighted by molar-refractivity contribution is 6.30. The summed E-state index contributed by atoms with van der Waals surface area (Å²) in [6.45, 7) is 3.99. The van der Waals surface area contributed by atoms with E-state index in [4.69, 9.17) is 26.8 Å². The van der Waals surface area contributed by atoms with Crippen molar-refractivity contribution in [2.45, 2.75) is 31.9 Å². The Hall–Kier alpha value is -2.11. The van der Waals surface area contributed by atoms with Gasteiger partial charge in [0.2, 0.25) is 0 Å². The van der Waals surface area contributed by atoms with Gasteiger partial charge in [0.05, 0.1) is 18.7 Å². The Morgan fingerprint density at radius 3 is 2.73 bits per heavy atom. The van der Waals surface area contributed by atoms with Crippen molar-refractivity contribution in [3.8, 4) is 11.5 Å². The van der Waals surface area contributed by atoms with Crippen LogP contribution in [-0.2, 0) is 0 Å². The monoisotopic (exact) mass is 396 g/mol. The predicted octanol–water partition coefficient (Wildman–Crippen LogP) is 4.38. The molecule has 140 valence electrons. The van der Waals surface area contributed by atoms with Gasteiger partial charge in [0.1, 0.15) is 17.1 Å². The van der Waals surface area contributed by atoms with Gasteiger partial charge in [-0.2, -0.15) is 0 Å². The number of hydrogen-bond acceptors (Lipinski definition) is 4. The van der Waals surface area contributed by atoms with E-state index in [9.17, 15) is 4.79 Å². The third-order valence-corrected chi connectivity index (χ3v) is 4.44. The summed E-state index contributed by atoms with van der Waals surface area (Å²) in [6.07, 6.45) is 0.630. The van der Waals surface area contributed by atoms with Crippen molar-refractivity contribution in [1.82, 2.24) is 5.32 Å². The number of carbonyl (C=O) groups excluding carboxylic acids is 1. The second-order valence-corrected chi connectivity index (χ2v) is 7.17. The van der Waals surface area contributed by atoms with E-state index in [1.807, 2.05) is 26.0 Å². The molecule has 0 radical (unpaired) electrons. The fourth-order valence-electron chi connectivity index (χ4n) is 3.09. The molecule has 2 aromatic rings. The first-order valence-corrected chi connectivity index (χ1v) is 8.40. The van der Waals surface area contributed by atoms with E-state index in [2.05, 4.69) is 5.32 Å². The van der Waals surface area contributed by atoms with E-state index < -0.39 is 5.60 Å². The number of halogens is 2. The molecule has 0 aliphatic carbocycles. The summed E-state index contributed by atoms with van der Waals surface area (Å²) in [6, 6.07) is 10.2. The van der Waals surface area contributed by atoms with Crippen LogP contribution < -0.4 is 20.5 Å². The van der Waals surface area contributed by atoms with Gasteiger partial charge in [-0.25, -0.2) is 0 Å². The number of ether oxygens (including phenoxy) is 2. The molecule has 1 aliphatic rings. The molecule has 3 N–H and O–H groups in total. The summed E-state index contributed by atoms with van der Waals surface area (Å²) in [4.78, 5) is 12.8. The number of carbonyl (C=O) groups is 1. The van der Waals surface area contributed by atoms with Gasteiger partial charge in [0.15, 0.2) is 0 Å². The Bertz CT molecular complexity index is 824. The maximum atomic E-state index is 12.8. The molecular formula is C19H22Cl2N2O3. The zero-order chi connectivity index (χ0) is 18.2. The number of nitrogen functional groups attached to an aromatic ring is 1. The zero-order valence-electron chi connectivity index (χ0n) is 14.8. The highest BCUT2D eigenvalue weighted by Gasteiger charge is 2.35. The minimum atomic E-state index is -0.398. The number of rotatable bonds is 3. The number of fused-ring (bicyclic) bond motifs is 1. The number of nitrogens with one attached hydrogen (secondary N) is 1. The number of hydrogen-bond donors (Lipinski definition) is 2. The van der Waals surface area contributed by atoms with Gasteiger partial charge in [-0.15, -0.1) is 12.4 Å². The molecular weight excluding hydrogens is 375 g/mol. The van der Waals surface area contributed by atoms with Crippen molar-refractivity contribution in [2.24, 2.45) is 0 Å². The maximum Gasteiger partial charge on any atom is 0.255 e. The van der Waals surface area contributed by atoms with Crippen LogP contribution in [0.15, 0.2) is 36.4 Å². The van der Waals surface area contributed by atoms with Crippen LogP contribution in [0.5, 0.6) is 11.5 Å². The lowest BCUT2D eigenvalue weighted by atomic mass is 9.89. The van der Waals surface area contributed by atoms with E-state index in [1.54, 1.807) is 24.3 Å². The van der Waals surface area contributed by atoms with E-state index in [0.717, 1.165) is 11.3 Å². The molecule has 1 atom stereocenters. The first kappa shape index (κ1) is 20.2. The Kier molecular flexibility index (Phi) is 5.94. The lowest BCUT2D eigenvalue weighted by Gasteiger charge is -2.38. The SMILES string of the molecule is COc1cc(Cl)ccc1C(=O)NC1CC(C)(C)Oc2ccc(N)cc21.Cl. The van der Waals surface area contributed by atoms with Gasteiger partial charge in [-0.1, -0.05) is 11.6 Å². The fourth-order valence-corrected chi connectivity index (χ4v) is 3.25. The Labute approximate surface area is 164 Å². The van der Waals surface area contributed by atoms with Crippen molar-refractivity contribution in [1.29, 1.82) is 0 Å².